The molecule has 0 saturated carbocycles. The van der Waals surface area contributed by atoms with Crippen molar-refractivity contribution in [3.63, 3.8) is 0 Å². The smallest absolute Gasteiger partial charge is 0.265 e. The summed E-state index contributed by atoms with van der Waals surface area (Å²) in [7, 11) is 1.36. The van der Waals surface area contributed by atoms with E-state index >= 15 is 0 Å². The fourth-order valence-electron chi connectivity index (χ4n) is 0.929. The zero-order valence-corrected chi connectivity index (χ0v) is 9.57. The predicted octanol–water partition coefficient (Wildman–Crippen LogP) is 3.58. The molecule has 6 heteroatoms. The Morgan fingerprint density at radius 3 is 2.71 bits per heavy atom. The molecular formula is C8H7BrClF2NO. The Morgan fingerprint density at radius 1 is 1.64 bits per heavy atom. The minimum absolute atomic E-state index is 0.0160. The highest BCUT2D eigenvalue weighted by Gasteiger charge is 2.17. The molecule has 0 N–H and O–H groups in total. The van der Waals surface area contributed by atoms with Crippen molar-refractivity contribution in [1.82, 2.24) is 4.98 Å². The molecule has 0 fully saturated rings. The molecule has 0 radical (unpaired) electrons. The summed E-state index contributed by atoms with van der Waals surface area (Å²) in [6.07, 6.45) is -2.63. The van der Waals surface area contributed by atoms with Gasteiger partial charge in [-0.25, -0.2) is 13.8 Å². The first-order valence-corrected chi connectivity index (χ1v) is 5.17. The second-order valence-electron chi connectivity index (χ2n) is 2.45. The van der Waals surface area contributed by atoms with E-state index in [0.29, 0.717) is 11.0 Å². The highest BCUT2D eigenvalue weighted by Crippen LogP contribution is 2.32. The molecule has 0 spiro atoms. The van der Waals surface area contributed by atoms with Gasteiger partial charge in [-0.1, -0.05) is 27.5 Å². The summed E-state index contributed by atoms with van der Waals surface area (Å²) in [5.41, 5.74) is 0.0919. The predicted molar refractivity (Wildman–Crippen MR) is 53.4 cm³/mol. The Balaban J connectivity index is 3.27. The Labute approximate surface area is 93.4 Å². The van der Waals surface area contributed by atoms with Gasteiger partial charge in [-0.2, -0.15) is 0 Å². The minimum atomic E-state index is -2.63. The first kappa shape index (κ1) is 11.7. The number of nitrogens with zero attached hydrogens (tertiary/aromatic N) is 1. The quantitative estimate of drug-likeness (QED) is 0.792. The lowest BCUT2D eigenvalue weighted by Gasteiger charge is -2.08. The molecule has 0 amide bonds. The van der Waals surface area contributed by atoms with Gasteiger partial charge in [-0.05, 0) is 0 Å². The third kappa shape index (κ3) is 2.33. The van der Waals surface area contributed by atoms with Crippen LogP contribution in [-0.2, 0) is 5.33 Å². The normalized spacial score (nSPS) is 10.7. The van der Waals surface area contributed by atoms with Crippen LogP contribution in [-0.4, -0.2) is 12.1 Å². The lowest BCUT2D eigenvalue weighted by molar-refractivity contribution is 0.151. The molecule has 0 aromatic carbocycles. The van der Waals surface area contributed by atoms with Crippen molar-refractivity contribution in [2.45, 2.75) is 11.8 Å². The summed E-state index contributed by atoms with van der Waals surface area (Å²) >= 11 is 8.81. The van der Waals surface area contributed by atoms with Gasteiger partial charge in [-0.15, -0.1) is 0 Å². The maximum atomic E-state index is 12.5. The molecule has 0 aliphatic carbocycles. The van der Waals surface area contributed by atoms with Crippen molar-refractivity contribution in [2.75, 3.05) is 7.11 Å². The Morgan fingerprint density at radius 2 is 2.29 bits per heavy atom. The van der Waals surface area contributed by atoms with Gasteiger partial charge in [0.1, 0.15) is 0 Å². The van der Waals surface area contributed by atoms with Crippen LogP contribution in [0.1, 0.15) is 17.7 Å². The van der Waals surface area contributed by atoms with Gasteiger partial charge < -0.3 is 4.74 Å². The minimum Gasteiger partial charge on any atom is -0.481 e. The van der Waals surface area contributed by atoms with Crippen molar-refractivity contribution in [2.24, 2.45) is 0 Å². The average molecular weight is 287 g/mol. The Kier molecular flexibility index (Phi) is 4.07. The summed E-state index contributed by atoms with van der Waals surface area (Å²) < 4.78 is 29.7. The van der Waals surface area contributed by atoms with E-state index in [1.807, 2.05) is 0 Å². The summed E-state index contributed by atoms with van der Waals surface area (Å²) in [5, 5.41) is 0.292. The molecule has 0 bridgehead atoms. The number of halogens is 4. The van der Waals surface area contributed by atoms with Crippen LogP contribution in [0.25, 0.3) is 0 Å². The first-order valence-electron chi connectivity index (χ1n) is 3.67. The van der Waals surface area contributed by atoms with Crippen molar-refractivity contribution < 1.29 is 13.5 Å². The van der Waals surface area contributed by atoms with Gasteiger partial charge >= 0.3 is 0 Å². The Hall–Kier alpha value is -0.420. The van der Waals surface area contributed by atoms with Gasteiger partial charge in [0.25, 0.3) is 6.43 Å². The van der Waals surface area contributed by atoms with Gasteiger partial charge in [0.15, 0.2) is 0 Å². The van der Waals surface area contributed by atoms with E-state index in [4.69, 9.17) is 16.3 Å². The van der Waals surface area contributed by atoms with Crippen LogP contribution >= 0.6 is 27.5 Å². The molecule has 2 nitrogen and oxygen atoms in total. The van der Waals surface area contributed by atoms with E-state index in [9.17, 15) is 8.78 Å². The van der Waals surface area contributed by atoms with Crippen molar-refractivity contribution in [1.29, 1.82) is 0 Å². The van der Waals surface area contributed by atoms with Crippen LogP contribution < -0.4 is 4.74 Å². The second-order valence-corrected chi connectivity index (χ2v) is 3.39. The zero-order chi connectivity index (χ0) is 10.7. The van der Waals surface area contributed by atoms with E-state index in [1.54, 1.807) is 0 Å². The number of methoxy groups -OCH3 is 1. The van der Waals surface area contributed by atoms with E-state index in [-0.39, 0.29) is 16.5 Å². The van der Waals surface area contributed by atoms with Gasteiger partial charge in [0.05, 0.1) is 17.8 Å². The lowest BCUT2D eigenvalue weighted by Crippen LogP contribution is -1.98. The number of aromatic nitrogens is 1. The number of hydrogen-bond acceptors (Lipinski definition) is 2. The van der Waals surface area contributed by atoms with Crippen molar-refractivity contribution in [3.8, 4) is 5.88 Å². The van der Waals surface area contributed by atoms with Gasteiger partial charge in [0, 0.05) is 17.0 Å². The van der Waals surface area contributed by atoms with Crippen LogP contribution in [0, 0.1) is 0 Å². The maximum absolute atomic E-state index is 12.5. The Bertz CT molecular complexity index is 335. The molecule has 1 rings (SSSR count). The number of hydrogen-bond donors (Lipinski definition) is 0. The third-order valence-electron chi connectivity index (χ3n) is 1.60. The highest BCUT2D eigenvalue weighted by atomic mass is 79.9. The second kappa shape index (κ2) is 4.89. The standard InChI is InChI=1S/C8H7BrClF2NO/c1-14-6-2-4(8(11)12)7(10)5(3-9)13-6/h2,8H,3H2,1H3. The summed E-state index contributed by atoms with van der Waals surface area (Å²) in [4.78, 5) is 3.92. The fraction of sp³-hybridized carbons (Fsp3) is 0.375. The lowest BCUT2D eigenvalue weighted by atomic mass is 10.2. The van der Waals surface area contributed by atoms with Crippen LogP contribution in [0.4, 0.5) is 8.78 Å². The maximum Gasteiger partial charge on any atom is 0.265 e. The highest BCUT2D eigenvalue weighted by molar-refractivity contribution is 9.08. The van der Waals surface area contributed by atoms with E-state index < -0.39 is 6.43 Å². The molecule has 0 atom stereocenters. The topological polar surface area (TPSA) is 22.1 Å². The molecule has 0 aliphatic heterocycles. The molecule has 0 saturated heterocycles. The summed E-state index contributed by atoms with van der Waals surface area (Å²) in [6, 6.07) is 1.14. The molecule has 14 heavy (non-hydrogen) atoms. The summed E-state index contributed by atoms with van der Waals surface area (Å²) in [6.45, 7) is 0. The number of alkyl halides is 3. The molecule has 1 aromatic rings. The number of ether oxygens (including phenoxy) is 1. The van der Waals surface area contributed by atoms with Crippen LogP contribution in [0.2, 0.25) is 5.02 Å². The largest absolute Gasteiger partial charge is 0.481 e. The molecule has 0 unspecified atom stereocenters. The third-order valence-corrected chi connectivity index (χ3v) is 2.57. The van der Waals surface area contributed by atoms with Crippen LogP contribution in [0.5, 0.6) is 5.88 Å². The van der Waals surface area contributed by atoms with E-state index in [1.165, 1.54) is 7.11 Å². The van der Waals surface area contributed by atoms with E-state index in [0.717, 1.165) is 6.07 Å². The van der Waals surface area contributed by atoms with Gasteiger partial charge in [0.2, 0.25) is 5.88 Å². The molecule has 1 aromatic heterocycles. The number of pyridine rings is 1. The van der Waals surface area contributed by atoms with Crippen LogP contribution in [0.3, 0.4) is 0 Å². The molecule has 0 aliphatic rings. The van der Waals surface area contributed by atoms with Crippen LogP contribution in [0.15, 0.2) is 6.07 Å². The first-order chi connectivity index (χ1) is 6.60. The SMILES string of the molecule is COc1cc(C(F)F)c(Cl)c(CBr)n1. The van der Waals surface area contributed by atoms with Crippen molar-refractivity contribution in [3.05, 3.63) is 22.3 Å². The van der Waals surface area contributed by atoms with E-state index in [2.05, 4.69) is 20.9 Å². The number of rotatable bonds is 3. The molecule has 78 valence electrons. The van der Waals surface area contributed by atoms with Gasteiger partial charge in [-0.3, -0.25) is 0 Å². The molecule has 1 heterocycles. The zero-order valence-electron chi connectivity index (χ0n) is 7.23. The fourth-order valence-corrected chi connectivity index (χ4v) is 1.74. The molecular weight excluding hydrogens is 279 g/mol. The monoisotopic (exact) mass is 285 g/mol. The average Bonchev–Trinajstić information content (AvgIpc) is 2.17. The van der Waals surface area contributed by atoms with Crippen molar-refractivity contribution >= 4 is 27.5 Å². The summed E-state index contributed by atoms with van der Waals surface area (Å²) in [5.74, 6) is 0.138.